The van der Waals surface area contributed by atoms with Crippen molar-refractivity contribution in [3.8, 4) is 0 Å². The topological polar surface area (TPSA) is 227 Å². The van der Waals surface area contributed by atoms with Gasteiger partial charge >= 0.3 is 31.7 Å². The van der Waals surface area contributed by atoms with E-state index in [-0.39, 0.29) is 22.3 Å². The number of benzene rings is 2. The third-order valence-electron chi connectivity index (χ3n) is 2.74. The van der Waals surface area contributed by atoms with Gasteiger partial charge in [0.05, 0.1) is 22.3 Å². The number of phosphoric acid groups is 1. The fourth-order valence-corrected chi connectivity index (χ4v) is 1.54. The first kappa shape index (κ1) is 25.4. The van der Waals surface area contributed by atoms with Gasteiger partial charge in [0.15, 0.2) is 0 Å². The molecule has 0 saturated heterocycles. The van der Waals surface area contributed by atoms with Gasteiger partial charge in [-0.25, -0.2) is 23.7 Å². The summed E-state index contributed by atoms with van der Waals surface area (Å²) >= 11 is 0. The van der Waals surface area contributed by atoms with Crippen LogP contribution < -0.4 is 0 Å². The van der Waals surface area contributed by atoms with E-state index in [1.54, 1.807) is 0 Å². The van der Waals surface area contributed by atoms with Crippen LogP contribution in [-0.4, -0.2) is 59.0 Å². The number of hydrogen-bond acceptors (Lipinski definition) is 5. The molecular formula is C16H15O12P. The average Bonchev–Trinajstić information content (AvgIpc) is 2.61. The van der Waals surface area contributed by atoms with Crippen LogP contribution in [0.2, 0.25) is 0 Å². The monoisotopic (exact) mass is 430 g/mol. The van der Waals surface area contributed by atoms with Gasteiger partial charge in [0.25, 0.3) is 0 Å². The summed E-state index contributed by atoms with van der Waals surface area (Å²) in [7, 11) is -4.64. The molecule has 156 valence electrons. The first-order chi connectivity index (χ1) is 13.2. The largest absolute Gasteiger partial charge is 0.478 e. The Labute approximate surface area is 162 Å². The molecule has 0 atom stereocenters. The van der Waals surface area contributed by atoms with Gasteiger partial charge in [-0.3, -0.25) is 0 Å². The van der Waals surface area contributed by atoms with Crippen molar-refractivity contribution in [1.82, 2.24) is 0 Å². The summed E-state index contributed by atoms with van der Waals surface area (Å²) in [5, 5.41) is 33.9. The normalized spacial score (nSPS) is 9.76. The Morgan fingerprint density at radius 2 is 0.793 bits per heavy atom. The van der Waals surface area contributed by atoms with Crippen LogP contribution in [0.5, 0.6) is 0 Å². The van der Waals surface area contributed by atoms with E-state index in [1.807, 2.05) is 0 Å². The zero-order chi connectivity index (χ0) is 22.8. The molecule has 0 aliphatic carbocycles. The fraction of sp³-hybridized carbons (Fsp3) is 0. The van der Waals surface area contributed by atoms with Gasteiger partial charge in [-0.15, -0.1) is 0 Å². The Morgan fingerprint density at radius 3 is 1.00 bits per heavy atom. The van der Waals surface area contributed by atoms with E-state index >= 15 is 0 Å². The van der Waals surface area contributed by atoms with Crippen LogP contribution >= 0.6 is 7.82 Å². The highest BCUT2D eigenvalue weighted by Gasteiger charge is 2.07. The number of rotatable bonds is 4. The van der Waals surface area contributed by atoms with Gasteiger partial charge in [0.1, 0.15) is 0 Å². The number of carboxylic acid groups (broad SMARTS) is 4. The van der Waals surface area contributed by atoms with Gasteiger partial charge in [0, 0.05) is 0 Å². The van der Waals surface area contributed by atoms with Crippen molar-refractivity contribution in [2.45, 2.75) is 0 Å². The number of carbonyl (C=O) groups is 4. The van der Waals surface area contributed by atoms with Gasteiger partial charge in [-0.05, 0) is 42.5 Å². The lowest BCUT2D eigenvalue weighted by atomic mass is 10.1. The first-order valence-electron chi connectivity index (χ1n) is 7.14. The molecule has 2 aromatic carbocycles. The van der Waals surface area contributed by atoms with Crippen molar-refractivity contribution in [2.24, 2.45) is 0 Å². The second-order valence-electron chi connectivity index (χ2n) is 4.89. The van der Waals surface area contributed by atoms with Crippen molar-refractivity contribution in [2.75, 3.05) is 0 Å². The van der Waals surface area contributed by atoms with Crippen molar-refractivity contribution < 1.29 is 58.8 Å². The lowest BCUT2D eigenvalue weighted by Gasteiger charge is -1.95. The van der Waals surface area contributed by atoms with Crippen LogP contribution in [0, 0.1) is 0 Å². The molecule has 0 aromatic heterocycles. The Balaban J connectivity index is 0.000000442. The van der Waals surface area contributed by atoms with E-state index in [9.17, 15) is 19.2 Å². The lowest BCUT2D eigenvalue weighted by molar-refractivity contribution is 0.0681. The van der Waals surface area contributed by atoms with Crippen LogP contribution in [0.1, 0.15) is 41.4 Å². The summed E-state index contributed by atoms with van der Waals surface area (Å²) in [4.78, 5) is 63.0. The van der Waals surface area contributed by atoms with Crippen molar-refractivity contribution >= 4 is 31.7 Å². The van der Waals surface area contributed by atoms with Crippen LogP contribution in [-0.2, 0) is 4.57 Å². The minimum Gasteiger partial charge on any atom is -0.478 e. The summed E-state index contributed by atoms with van der Waals surface area (Å²) in [6, 6.07) is 10.2. The molecule has 29 heavy (non-hydrogen) atoms. The van der Waals surface area contributed by atoms with Gasteiger partial charge < -0.3 is 35.1 Å². The molecule has 2 aromatic rings. The van der Waals surface area contributed by atoms with E-state index in [1.165, 1.54) is 42.5 Å². The molecule has 2 rings (SSSR count). The molecule has 0 aliphatic rings. The summed E-state index contributed by atoms with van der Waals surface area (Å²) in [5.41, 5.74) is 0.129. The highest BCUT2D eigenvalue weighted by Crippen LogP contribution is 2.25. The van der Waals surface area contributed by atoms with E-state index in [0.717, 1.165) is 6.07 Å². The predicted molar refractivity (Wildman–Crippen MR) is 95.0 cm³/mol. The lowest BCUT2D eigenvalue weighted by Crippen LogP contribution is -2.01. The number of aromatic carboxylic acids is 4. The minimum atomic E-state index is -4.64. The molecule has 0 spiro atoms. The maximum Gasteiger partial charge on any atom is 0.466 e. The van der Waals surface area contributed by atoms with Gasteiger partial charge in [-0.1, -0.05) is 6.07 Å². The van der Waals surface area contributed by atoms with Gasteiger partial charge in [-0.2, -0.15) is 0 Å². The smallest absolute Gasteiger partial charge is 0.466 e. The third-order valence-corrected chi connectivity index (χ3v) is 2.74. The Morgan fingerprint density at radius 1 is 0.552 bits per heavy atom. The fourth-order valence-electron chi connectivity index (χ4n) is 1.54. The van der Waals surface area contributed by atoms with Crippen LogP contribution in [0.25, 0.3) is 0 Å². The standard InChI is InChI=1S/2C8H6O4.H3O4P/c9-7(10)5-1-2-6(4-3-5)8(11)12;9-7(10)5-2-1-3-6(4-5)8(11)12;1-5(2,3)4/h2*1-4H,(H,9,10)(H,11,12);(H3,1,2,3,4). The zero-order valence-electron chi connectivity index (χ0n) is 14.2. The Bertz CT molecular complexity index is 859. The van der Waals surface area contributed by atoms with Crippen molar-refractivity contribution in [1.29, 1.82) is 0 Å². The quantitative estimate of drug-likeness (QED) is 0.340. The number of hydrogen-bond donors (Lipinski definition) is 7. The minimum absolute atomic E-state index is 0.0186. The van der Waals surface area contributed by atoms with E-state index in [4.69, 9.17) is 39.7 Å². The highest BCUT2D eigenvalue weighted by molar-refractivity contribution is 7.45. The molecule has 0 bridgehead atoms. The second-order valence-corrected chi connectivity index (χ2v) is 5.92. The Kier molecular flexibility index (Phi) is 9.92. The van der Waals surface area contributed by atoms with Gasteiger partial charge in [0.2, 0.25) is 0 Å². The zero-order valence-corrected chi connectivity index (χ0v) is 15.1. The molecule has 13 heteroatoms. The van der Waals surface area contributed by atoms with Crippen molar-refractivity contribution in [3.05, 3.63) is 70.8 Å². The third kappa shape index (κ3) is 11.7. The molecule has 7 N–H and O–H groups in total. The molecule has 0 radical (unpaired) electrons. The van der Waals surface area contributed by atoms with Crippen molar-refractivity contribution in [3.63, 3.8) is 0 Å². The average molecular weight is 430 g/mol. The molecule has 0 unspecified atom stereocenters. The predicted octanol–water partition coefficient (Wildman–Crippen LogP) is 1.24. The van der Waals surface area contributed by atoms with E-state index < -0.39 is 31.7 Å². The summed E-state index contributed by atoms with van der Waals surface area (Å²) < 4.78 is 8.88. The van der Waals surface area contributed by atoms with Crippen LogP contribution in [0.3, 0.4) is 0 Å². The summed E-state index contributed by atoms with van der Waals surface area (Å²) in [5.74, 6) is -4.38. The van der Waals surface area contributed by atoms with E-state index in [0.29, 0.717) is 0 Å². The molecule has 0 heterocycles. The van der Waals surface area contributed by atoms with E-state index in [2.05, 4.69) is 0 Å². The Hall–Kier alpha value is -3.57. The SMILES string of the molecule is O=C(O)c1ccc(C(=O)O)cc1.O=C(O)c1cccc(C(=O)O)c1.O=P(O)(O)O. The molecule has 0 fully saturated rings. The van der Waals surface area contributed by atoms with Crippen LogP contribution in [0.4, 0.5) is 0 Å². The number of carboxylic acids is 4. The maximum absolute atomic E-state index is 10.4. The molecule has 0 amide bonds. The molecule has 0 saturated carbocycles. The molecule has 0 aliphatic heterocycles. The first-order valence-corrected chi connectivity index (χ1v) is 8.70. The summed E-state index contributed by atoms with van der Waals surface area (Å²) in [6.45, 7) is 0. The van der Waals surface area contributed by atoms with Crippen LogP contribution in [0.15, 0.2) is 48.5 Å². The maximum atomic E-state index is 10.4. The second kappa shape index (κ2) is 11.3. The molecule has 12 nitrogen and oxygen atoms in total. The molecular weight excluding hydrogens is 415 g/mol. The summed E-state index contributed by atoms with van der Waals surface area (Å²) in [6.07, 6.45) is 0. The highest BCUT2D eigenvalue weighted by atomic mass is 31.2.